The van der Waals surface area contributed by atoms with Gasteiger partial charge in [0, 0.05) is 38.3 Å². The maximum absolute atomic E-state index is 10.9. The summed E-state index contributed by atoms with van der Waals surface area (Å²) in [4.78, 5) is 15.3. The van der Waals surface area contributed by atoms with Gasteiger partial charge < -0.3 is 9.64 Å². The number of benzene rings is 1. The molecule has 2 saturated heterocycles. The Morgan fingerprint density at radius 1 is 1.36 bits per heavy atom. The largest absolute Gasteiger partial charge is 0.371 e. The molecule has 0 radical (unpaired) electrons. The number of nitro benzene ring substituents is 1. The minimum Gasteiger partial charge on any atom is -0.371 e. The Kier molecular flexibility index (Phi) is 4.42. The fraction of sp³-hybridized carbons (Fsp3) is 0.625. The van der Waals surface area contributed by atoms with E-state index < -0.39 is 0 Å². The molecule has 0 aliphatic carbocycles. The molecule has 120 valence electrons. The second-order valence-corrected chi connectivity index (χ2v) is 6.51. The molecular weight excluding hydrogens is 282 g/mol. The molecule has 1 atom stereocenters. The van der Waals surface area contributed by atoms with E-state index in [0.717, 1.165) is 51.3 Å². The highest BCUT2D eigenvalue weighted by Gasteiger charge is 2.39. The third kappa shape index (κ3) is 3.45. The van der Waals surface area contributed by atoms with Crippen molar-refractivity contribution in [3.8, 4) is 0 Å². The molecule has 6 nitrogen and oxygen atoms in total. The number of hydrogen-bond acceptors (Lipinski definition) is 5. The molecule has 2 fully saturated rings. The van der Waals surface area contributed by atoms with Crippen LogP contribution in [0, 0.1) is 10.1 Å². The minimum atomic E-state index is -0.333. The molecule has 1 aromatic rings. The Hall–Kier alpha value is -1.50. The topological polar surface area (TPSA) is 58.9 Å². The highest BCUT2D eigenvalue weighted by molar-refractivity contribution is 5.34. The summed E-state index contributed by atoms with van der Waals surface area (Å²) in [6, 6.07) is 6.94. The van der Waals surface area contributed by atoms with E-state index in [-0.39, 0.29) is 16.2 Å². The Morgan fingerprint density at radius 3 is 3.00 bits per heavy atom. The van der Waals surface area contributed by atoms with Crippen LogP contribution in [0.2, 0.25) is 0 Å². The van der Waals surface area contributed by atoms with Crippen molar-refractivity contribution in [2.45, 2.75) is 25.0 Å². The van der Waals surface area contributed by atoms with Crippen LogP contribution in [0.15, 0.2) is 24.3 Å². The zero-order chi connectivity index (χ0) is 15.6. The van der Waals surface area contributed by atoms with Crippen molar-refractivity contribution in [1.29, 1.82) is 0 Å². The molecule has 22 heavy (non-hydrogen) atoms. The summed E-state index contributed by atoms with van der Waals surface area (Å²) >= 11 is 0. The van der Waals surface area contributed by atoms with Gasteiger partial charge in [0.15, 0.2) is 0 Å². The molecule has 6 heteroatoms. The van der Waals surface area contributed by atoms with Crippen molar-refractivity contribution in [2.24, 2.45) is 0 Å². The lowest BCUT2D eigenvalue weighted by Crippen LogP contribution is -2.58. The van der Waals surface area contributed by atoms with Gasteiger partial charge >= 0.3 is 0 Å². The fourth-order valence-corrected chi connectivity index (χ4v) is 3.65. The number of nitro groups is 1. The van der Waals surface area contributed by atoms with E-state index >= 15 is 0 Å². The number of ether oxygens (including phenoxy) is 1. The van der Waals surface area contributed by atoms with Crippen molar-refractivity contribution in [3.63, 3.8) is 0 Å². The number of hydrogen-bond donors (Lipinski definition) is 0. The zero-order valence-electron chi connectivity index (χ0n) is 13.0. The molecule has 0 N–H and O–H groups in total. The average molecular weight is 305 g/mol. The van der Waals surface area contributed by atoms with E-state index in [0.29, 0.717) is 0 Å². The van der Waals surface area contributed by atoms with Crippen molar-refractivity contribution >= 4 is 5.69 Å². The maximum atomic E-state index is 10.9. The van der Waals surface area contributed by atoms with E-state index in [4.69, 9.17) is 4.74 Å². The summed E-state index contributed by atoms with van der Waals surface area (Å²) in [5, 5.41) is 10.9. The van der Waals surface area contributed by atoms with Crippen LogP contribution in [-0.2, 0) is 11.3 Å². The van der Waals surface area contributed by atoms with Gasteiger partial charge in [-0.2, -0.15) is 0 Å². The highest BCUT2D eigenvalue weighted by atomic mass is 16.6. The summed E-state index contributed by atoms with van der Waals surface area (Å²) in [6.45, 7) is 5.38. The number of morpholine rings is 1. The van der Waals surface area contributed by atoms with Gasteiger partial charge in [0.1, 0.15) is 0 Å². The molecule has 0 bridgehead atoms. The van der Waals surface area contributed by atoms with Gasteiger partial charge in [-0.1, -0.05) is 12.1 Å². The number of likely N-dealkylation sites (N-methyl/N-ethyl adjacent to an activating group) is 1. The molecule has 2 aliphatic rings. The molecule has 2 heterocycles. The van der Waals surface area contributed by atoms with Crippen molar-refractivity contribution in [1.82, 2.24) is 9.80 Å². The normalized spacial score (nSPS) is 27.1. The third-order valence-electron chi connectivity index (χ3n) is 4.59. The summed E-state index contributed by atoms with van der Waals surface area (Å²) in [5.74, 6) is 0. The molecule has 3 rings (SSSR count). The highest BCUT2D eigenvalue weighted by Crippen LogP contribution is 2.29. The van der Waals surface area contributed by atoms with E-state index in [9.17, 15) is 10.1 Å². The smallest absolute Gasteiger partial charge is 0.269 e. The van der Waals surface area contributed by atoms with Crippen LogP contribution in [-0.4, -0.2) is 60.2 Å². The summed E-state index contributed by atoms with van der Waals surface area (Å²) in [6.07, 6.45) is 2.27. The van der Waals surface area contributed by atoms with Crippen LogP contribution in [0.3, 0.4) is 0 Å². The summed E-state index contributed by atoms with van der Waals surface area (Å²) in [5.41, 5.74) is 1.10. The second-order valence-electron chi connectivity index (χ2n) is 6.51. The Labute approximate surface area is 130 Å². The molecule has 1 aromatic carbocycles. The third-order valence-corrected chi connectivity index (χ3v) is 4.59. The van der Waals surface area contributed by atoms with Gasteiger partial charge in [-0.05, 0) is 32.0 Å². The van der Waals surface area contributed by atoms with Crippen molar-refractivity contribution in [3.05, 3.63) is 39.9 Å². The summed E-state index contributed by atoms with van der Waals surface area (Å²) < 4.78 is 6.12. The van der Waals surface area contributed by atoms with Gasteiger partial charge in [-0.15, -0.1) is 0 Å². The van der Waals surface area contributed by atoms with Crippen LogP contribution in [0.5, 0.6) is 0 Å². The van der Waals surface area contributed by atoms with Gasteiger partial charge in [-0.25, -0.2) is 0 Å². The first kappa shape index (κ1) is 15.4. The first-order valence-corrected chi connectivity index (χ1v) is 7.85. The molecule has 2 aliphatic heterocycles. The lowest BCUT2D eigenvalue weighted by molar-refractivity contribution is -0.384. The van der Waals surface area contributed by atoms with Crippen LogP contribution < -0.4 is 0 Å². The lowest BCUT2D eigenvalue weighted by atomic mass is 9.91. The van der Waals surface area contributed by atoms with Gasteiger partial charge in [0.25, 0.3) is 5.69 Å². The van der Waals surface area contributed by atoms with E-state index in [1.54, 1.807) is 18.2 Å². The van der Waals surface area contributed by atoms with Crippen LogP contribution in [0.25, 0.3) is 0 Å². The number of nitrogens with zero attached hydrogens (tertiary/aromatic N) is 3. The predicted octanol–water partition coefficient (Wildman–Crippen LogP) is 1.89. The van der Waals surface area contributed by atoms with Gasteiger partial charge in [0.2, 0.25) is 0 Å². The molecule has 0 amide bonds. The molecule has 1 unspecified atom stereocenters. The Morgan fingerprint density at radius 2 is 2.23 bits per heavy atom. The monoisotopic (exact) mass is 305 g/mol. The maximum Gasteiger partial charge on any atom is 0.269 e. The van der Waals surface area contributed by atoms with Crippen molar-refractivity contribution in [2.75, 3.05) is 39.8 Å². The first-order valence-electron chi connectivity index (χ1n) is 7.85. The van der Waals surface area contributed by atoms with Crippen LogP contribution >= 0.6 is 0 Å². The SMILES string of the molecule is CN1CCCC2(C1)CN(Cc1cccc([N+](=O)[O-])c1)CCO2. The van der Waals surface area contributed by atoms with E-state index in [1.807, 2.05) is 6.07 Å². The number of piperidine rings is 1. The van der Waals surface area contributed by atoms with Gasteiger partial charge in [-0.3, -0.25) is 15.0 Å². The first-order chi connectivity index (χ1) is 10.6. The molecule has 1 spiro atoms. The lowest BCUT2D eigenvalue weighted by Gasteiger charge is -2.47. The summed E-state index contributed by atoms with van der Waals surface area (Å²) in [7, 11) is 2.14. The molecule has 0 saturated carbocycles. The fourth-order valence-electron chi connectivity index (χ4n) is 3.65. The van der Waals surface area contributed by atoms with Crippen LogP contribution in [0.1, 0.15) is 18.4 Å². The quantitative estimate of drug-likeness (QED) is 0.630. The van der Waals surface area contributed by atoms with Crippen molar-refractivity contribution < 1.29 is 9.66 Å². The Balaban J connectivity index is 1.67. The standard InChI is InChI=1S/C16H23N3O3/c1-17-7-3-6-16(12-17)13-18(8-9-22-16)11-14-4-2-5-15(10-14)19(20)21/h2,4-5,10H,3,6-9,11-13H2,1H3. The average Bonchev–Trinajstić information content (AvgIpc) is 2.47. The number of rotatable bonds is 3. The minimum absolute atomic E-state index is 0.0635. The van der Waals surface area contributed by atoms with Crippen LogP contribution in [0.4, 0.5) is 5.69 Å². The number of non-ortho nitro benzene ring substituents is 1. The zero-order valence-corrected chi connectivity index (χ0v) is 13.0. The van der Waals surface area contributed by atoms with Gasteiger partial charge in [0.05, 0.1) is 17.1 Å². The number of likely N-dealkylation sites (tertiary alicyclic amines) is 1. The predicted molar refractivity (Wildman–Crippen MR) is 83.8 cm³/mol. The van der Waals surface area contributed by atoms with E-state index in [1.165, 1.54) is 6.42 Å². The van der Waals surface area contributed by atoms with E-state index in [2.05, 4.69) is 16.8 Å². The Bertz CT molecular complexity index is 547. The molecular formula is C16H23N3O3. The molecule has 0 aromatic heterocycles. The second kappa shape index (κ2) is 6.32.